The van der Waals surface area contributed by atoms with Crippen molar-refractivity contribution in [1.29, 1.82) is 0 Å². The highest BCUT2D eigenvalue weighted by molar-refractivity contribution is 6.34. The van der Waals surface area contributed by atoms with Crippen molar-refractivity contribution < 1.29 is 9.18 Å². The van der Waals surface area contributed by atoms with Crippen LogP contribution in [0.4, 0.5) is 4.39 Å². The summed E-state index contributed by atoms with van der Waals surface area (Å²) in [4.78, 5) is 15.6. The molecule has 0 aliphatic rings. The second kappa shape index (κ2) is 4.02. The Morgan fingerprint density at radius 1 is 1.44 bits per heavy atom. The number of carbonyl (C=O) groups excluding carboxylic acids is 1. The van der Waals surface area contributed by atoms with Crippen LogP contribution in [0.25, 0.3) is 0 Å². The van der Waals surface area contributed by atoms with Crippen LogP contribution in [0.5, 0.6) is 0 Å². The predicted octanol–water partition coefficient (Wildman–Crippen LogP) is 1.84. The molecule has 0 fully saturated rings. The number of nitrogens with zero attached hydrogens (tertiary/aromatic N) is 3. The van der Waals surface area contributed by atoms with Crippen LogP contribution in [0.15, 0.2) is 24.5 Å². The molecule has 0 N–H and O–H groups in total. The summed E-state index contributed by atoms with van der Waals surface area (Å²) < 4.78 is 14.0. The maximum Gasteiger partial charge on any atom is 0.230 e. The van der Waals surface area contributed by atoms with Crippen LogP contribution in [-0.2, 0) is 7.05 Å². The van der Waals surface area contributed by atoms with E-state index in [2.05, 4.69) is 10.1 Å². The fourth-order valence-electron chi connectivity index (χ4n) is 1.30. The Kier molecular flexibility index (Phi) is 2.70. The van der Waals surface area contributed by atoms with E-state index in [1.807, 2.05) is 0 Å². The van der Waals surface area contributed by atoms with E-state index >= 15 is 0 Å². The molecule has 0 aromatic carbocycles. The van der Waals surface area contributed by atoms with Gasteiger partial charge in [0.15, 0.2) is 0 Å². The molecule has 82 valence electrons. The number of ketones is 1. The van der Waals surface area contributed by atoms with Gasteiger partial charge in [0.2, 0.25) is 5.78 Å². The Balaban J connectivity index is 2.43. The Labute approximate surface area is 95.7 Å². The standard InChI is InChI=1S/C10H7ClFN3O/c1-15-9(7(11)5-14-15)10(16)8-3-2-6(12)4-13-8/h2-5H,1H3. The molecule has 6 heteroatoms. The number of rotatable bonds is 2. The average molecular weight is 240 g/mol. The molecular weight excluding hydrogens is 233 g/mol. The van der Waals surface area contributed by atoms with Crippen molar-refractivity contribution in [2.24, 2.45) is 7.05 Å². The first kappa shape index (κ1) is 10.8. The zero-order chi connectivity index (χ0) is 11.7. The zero-order valence-electron chi connectivity index (χ0n) is 8.32. The SMILES string of the molecule is Cn1ncc(Cl)c1C(=O)c1ccc(F)cn1. The van der Waals surface area contributed by atoms with Crippen molar-refractivity contribution in [2.45, 2.75) is 0 Å². The fourth-order valence-corrected chi connectivity index (χ4v) is 1.55. The minimum Gasteiger partial charge on any atom is -0.285 e. The first-order valence-corrected chi connectivity index (χ1v) is 4.81. The van der Waals surface area contributed by atoms with Crippen molar-refractivity contribution in [3.8, 4) is 0 Å². The van der Waals surface area contributed by atoms with Crippen molar-refractivity contribution in [3.05, 3.63) is 46.8 Å². The number of carbonyl (C=O) groups is 1. The maximum absolute atomic E-state index is 12.6. The van der Waals surface area contributed by atoms with Crippen LogP contribution in [-0.4, -0.2) is 20.5 Å². The van der Waals surface area contributed by atoms with Gasteiger partial charge in [0, 0.05) is 7.05 Å². The molecule has 4 nitrogen and oxygen atoms in total. The molecular formula is C10H7ClFN3O. The second-order valence-corrected chi connectivity index (χ2v) is 3.56. The van der Waals surface area contributed by atoms with Crippen LogP contribution in [0.1, 0.15) is 16.2 Å². The van der Waals surface area contributed by atoms with E-state index in [0.717, 1.165) is 6.20 Å². The van der Waals surface area contributed by atoms with Crippen molar-refractivity contribution in [1.82, 2.24) is 14.8 Å². The lowest BCUT2D eigenvalue weighted by atomic mass is 10.2. The highest BCUT2D eigenvalue weighted by Gasteiger charge is 2.18. The Hall–Kier alpha value is -1.75. The van der Waals surface area contributed by atoms with Crippen molar-refractivity contribution in [3.63, 3.8) is 0 Å². The number of pyridine rings is 1. The van der Waals surface area contributed by atoms with E-state index in [1.54, 1.807) is 7.05 Å². The molecule has 0 aliphatic carbocycles. The summed E-state index contributed by atoms with van der Waals surface area (Å²) in [5.41, 5.74) is 0.368. The Morgan fingerprint density at radius 3 is 2.69 bits per heavy atom. The maximum atomic E-state index is 12.6. The zero-order valence-corrected chi connectivity index (χ0v) is 9.07. The number of hydrogen-bond acceptors (Lipinski definition) is 3. The van der Waals surface area contributed by atoms with Crippen LogP contribution < -0.4 is 0 Å². The normalized spacial score (nSPS) is 10.4. The van der Waals surface area contributed by atoms with E-state index in [0.29, 0.717) is 0 Å². The van der Waals surface area contributed by atoms with Gasteiger partial charge in [0.25, 0.3) is 0 Å². The van der Waals surface area contributed by atoms with Gasteiger partial charge in [0.05, 0.1) is 17.4 Å². The molecule has 0 aliphatic heterocycles. The molecule has 0 amide bonds. The number of aryl methyl sites for hydroxylation is 1. The van der Waals surface area contributed by atoms with Crippen LogP contribution in [0, 0.1) is 5.82 Å². The first-order valence-electron chi connectivity index (χ1n) is 4.43. The molecule has 0 radical (unpaired) electrons. The lowest BCUT2D eigenvalue weighted by molar-refractivity contribution is 0.102. The fraction of sp³-hybridized carbons (Fsp3) is 0.100. The lowest BCUT2D eigenvalue weighted by Gasteiger charge is -2.01. The molecule has 0 saturated heterocycles. The third-order valence-corrected chi connectivity index (χ3v) is 2.35. The van der Waals surface area contributed by atoms with Crippen LogP contribution in [0.3, 0.4) is 0 Å². The Bertz CT molecular complexity index is 516. The third kappa shape index (κ3) is 1.81. The van der Waals surface area contributed by atoms with Gasteiger partial charge in [-0.05, 0) is 12.1 Å². The van der Waals surface area contributed by atoms with Gasteiger partial charge in [-0.2, -0.15) is 5.10 Å². The molecule has 0 unspecified atom stereocenters. The van der Waals surface area contributed by atoms with Gasteiger partial charge in [-0.25, -0.2) is 9.37 Å². The highest BCUT2D eigenvalue weighted by Crippen LogP contribution is 2.17. The molecule has 2 aromatic heterocycles. The molecule has 0 saturated carbocycles. The van der Waals surface area contributed by atoms with Gasteiger partial charge in [-0.3, -0.25) is 9.48 Å². The smallest absolute Gasteiger partial charge is 0.230 e. The predicted molar refractivity (Wildman–Crippen MR) is 55.8 cm³/mol. The largest absolute Gasteiger partial charge is 0.285 e. The number of halogens is 2. The summed E-state index contributed by atoms with van der Waals surface area (Å²) in [6.45, 7) is 0. The lowest BCUT2D eigenvalue weighted by Crippen LogP contribution is -2.10. The third-order valence-electron chi connectivity index (χ3n) is 2.07. The van der Waals surface area contributed by atoms with Gasteiger partial charge in [-0.15, -0.1) is 0 Å². The molecule has 2 heterocycles. The van der Waals surface area contributed by atoms with E-state index in [-0.39, 0.29) is 22.2 Å². The van der Waals surface area contributed by atoms with Gasteiger partial charge >= 0.3 is 0 Å². The summed E-state index contributed by atoms with van der Waals surface area (Å²) in [6, 6.07) is 2.48. The molecule has 2 rings (SSSR count). The number of aromatic nitrogens is 3. The quantitative estimate of drug-likeness (QED) is 0.752. The first-order chi connectivity index (χ1) is 7.59. The topological polar surface area (TPSA) is 47.8 Å². The van der Waals surface area contributed by atoms with Gasteiger partial charge in [-0.1, -0.05) is 11.6 Å². The average Bonchev–Trinajstić information content (AvgIpc) is 2.59. The molecule has 0 atom stereocenters. The van der Waals surface area contributed by atoms with E-state index in [4.69, 9.17) is 11.6 Å². The summed E-state index contributed by atoms with van der Waals surface area (Å²) in [6.07, 6.45) is 2.36. The van der Waals surface area contributed by atoms with Crippen LogP contribution in [0.2, 0.25) is 5.02 Å². The van der Waals surface area contributed by atoms with Crippen molar-refractivity contribution in [2.75, 3.05) is 0 Å². The number of hydrogen-bond donors (Lipinski definition) is 0. The molecule has 2 aromatic rings. The second-order valence-electron chi connectivity index (χ2n) is 3.16. The van der Waals surface area contributed by atoms with E-state index in [9.17, 15) is 9.18 Å². The van der Waals surface area contributed by atoms with Crippen LogP contribution >= 0.6 is 11.6 Å². The Morgan fingerprint density at radius 2 is 2.19 bits per heavy atom. The van der Waals surface area contributed by atoms with E-state index in [1.165, 1.54) is 23.0 Å². The summed E-state index contributed by atoms with van der Waals surface area (Å²) in [5, 5.41) is 4.09. The minimum atomic E-state index is -0.493. The molecule has 0 bridgehead atoms. The summed E-state index contributed by atoms with van der Waals surface area (Å²) in [7, 11) is 1.60. The van der Waals surface area contributed by atoms with Gasteiger partial charge < -0.3 is 0 Å². The minimum absolute atomic E-state index is 0.131. The monoisotopic (exact) mass is 239 g/mol. The molecule has 16 heavy (non-hydrogen) atoms. The highest BCUT2D eigenvalue weighted by atomic mass is 35.5. The van der Waals surface area contributed by atoms with Crippen molar-refractivity contribution >= 4 is 17.4 Å². The summed E-state index contributed by atoms with van der Waals surface area (Å²) in [5.74, 6) is -0.877. The molecule has 0 spiro atoms. The van der Waals surface area contributed by atoms with E-state index < -0.39 is 5.82 Å². The summed E-state index contributed by atoms with van der Waals surface area (Å²) >= 11 is 5.82. The van der Waals surface area contributed by atoms with Gasteiger partial charge in [0.1, 0.15) is 17.2 Å².